The number of pyridine rings is 2. The van der Waals surface area contributed by atoms with E-state index in [-0.39, 0.29) is 11.1 Å². The summed E-state index contributed by atoms with van der Waals surface area (Å²) in [6.07, 6.45) is 0. The van der Waals surface area contributed by atoms with E-state index in [1.54, 1.807) is 81.6 Å². The Morgan fingerprint density at radius 3 is 1.44 bits per heavy atom. The zero-order valence-corrected chi connectivity index (χ0v) is 28.1. The van der Waals surface area contributed by atoms with Gasteiger partial charge in [0.1, 0.15) is 11.3 Å². The molecule has 236 valence electrons. The molecule has 0 saturated carbocycles. The van der Waals surface area contributed by atoms with Crippen LogP contribution >= 0.6 is 46.4 Å². The van der Waals surface area contributed by atoms with Crippen molar-refractivity contribution in [3.8, 4) is 12.1 Å². The summed E-state index contributed by atoms with van der Waals surface area (Å²) in [7, 11) is 0. The Labute approximate surface area is 299 Å². The van der Waals surface area contributed by atoms with Crippen LogP contribution in [0.3, 0.4) is 0 Å². The summed E-state index contributed by atoms with van der Waals surface area (Å²) in [6.45, 7) is 0. The van der Waals surface area contributed by atoms with Crippen molar-refractivity contribution in [3.05, 3.63) is 137 Å². The first-order valence-corrected chi connectivity index (χ1v) is 16.5. The Hall–Kier alpha value is -5.74. The number of nitriles is 2. The van der Waals surface area contributed by atoms with Gasteiger partial charge in [-0.1, -0.05) is 46.4 Å². The lowest BCUT2D eigenvalue weighted by molar-refractivity contribution is 1.19. The van der Waals surface area contributed by atoms with Crippen LogP contribution in [0.1, 0.15) is 11.1 Å². The third-order valence-corrected chi connectivity index (χ3v) is 10.3. The van der Waals surface area contributed by atoms with Crippen LogP contribution in [0.2, 0.25) is 20.1 Å². The largest absolute Gasteiger partial charge is 0.268 e. The van der Waals surface area contributed by atoms with E-state index in [0.29, 0.717) is 96.9 Å². The molecule has 0 aliphatic heterocycles. The van der Waals surface area contributed by atoms with Crippen LogP contribution in [0.5, 0.6) is 0 Å². The van der Waals surface area contributed by atoms with E-state index < -0.39 is 0 Å². The number of fused-ring (bicyclic) bond motifs is 8. The first-order valence-electron chi connectivity index (χ1n) is 15.0. The topological polar surface area (TPSA) is 116 Å². The van der Waals surface area contributed by atoms with Crippen LogP contribution in [-0.4, -0.2) is 18.8 Å². The second-order valence-corrected chi connectivity index (χ2v) is 13.3. The summed E-state index contributed by atoms with van der Waals surface area (Å²) in [4.78, 5) is 35.5. The van der Waals surface area contributed by atoms with E-state index >= 15 is 0 Å². The molecule has 6 aromatic carbocycles. The molecule has 0 spiro atoms. The third kappa shape index (κ3) is 4.11. The summed E-state index contributed by atoms with van der Waals surface area (Å²) >= 11 is 25.3. The monoisotopic (exact) mass is 726 g/mol. The van der Waals surface area contributed by atoms with Gasteiger partial charge in [0, 0.05) is 63.2 Å². The normalized spacial score (nSPS) is 11.7. The van der Waals surface area contributed by atoms with Gasteiger partial charge >= 0.3 is 0 Å². The maximum Gasteiger partial charge on any atom is 0.264 e. The zero-order valence-electron chi connectivity index (χ0n) is 25.1. The molecule has 0 saturated heterocycles. The lowest BCUT2D eigenvalue weighted by Gasteiger charge is -2.09. The SMILES string of the molecule is N#Cc1ccc2c(c1)nc1c3ccc(Cl)c4c(Cl)ccc(c(=O)n21)c43.N#Cc1ccc2nc3c4ccc(Cl)c5c(Cl)ccc(c(=O)n3c2c1)c54. The zero-order chi connectivity index (χ0) is 34.6. The third-order valence-electron chi connectivity index (χ3n) is 9.03. The van der Waals surface area contributed by atoms with Gasteiger partial charge in [-0.15, -0.1) is 0 Å². The maximum atomic E-state index is 13.1. The number of nitrogens with zero attached hydrogens (tertiary/aromatic N) is 6. The highest BCUT2D eigenvalue weighted by Crippen LogP contribution is 2.39. The van der Waals surface area contributed by atoms with Gasteiger partial charge in [-0.05, 0) is 84.9 Å². The lowest BCUT2D eigenvalue weighted by Crippen LogP contribution is -2.13. The van der Waals surface area contributed by atoms with E-state index in [1.807, 2.05) is 12.1 Å². The molecule has 0 atom stereocenters. The number of imidazole rings is 2. The first-order chi connectivity index (χ1) is 24.2. The second kappa shape index (κ2) is 10.9. The van der Waals surface area contributed by atoms with Crippen molar-refractivity contribution in [1.29, 1.82) is 10.5 Å². The minimum atomic E-state index is -0.205. The predicted molar refractivity (Wildman–Crippen MR) is 200 cm³/mol. The number of aromatic nitrogens is 4. The molecule has 0 amide bonds. The molecule has 0 aliphatic carbocycles. The highest BCUT2D eigenvalue weighted by molar-refractivity contribution is 6.45. The van der Waals surface area contributed by atoms with Crippen LogP contribution < -0.4 is 11.1 Å². The lowest BCUT2D eigenvalue weighted by atomic mass is 10.0. The van der Waals surface area contributed by atoms with Gasteiger partial charge in [0.2, 0.25) is 0 Å². The smallest absolute Gasteiger partial charge is 0.264 e. The van der Waals surface area contributed by atoms with Crippen LogP contribution in [0.4, 0.5) is 0 Å². The Bertz CT molecular complexity index is 3270. The summed E-state index contributed by atoms with van der Waals surface area (Å²) in [6, 6.07) is 28.4. The van der Waals surface area contributed by atoms with Gasteiger partial charge in [-0.2, -0.15) is 10.5 Å². The van der Waals surface area contributed by atoms with E-state index in [2.05, 4.69) is 22.1 Å². The highest BCUT2D eigenvalue weighted by atomic mass is 35.5. The predicted octanol–water partition coefficient (Wildman–Crippen LogP) is 9.54. The van der Waals surface area contributed by atoms with E-state index in [4.69, 9.17) is 56.9 Å². The first kappa shape index (κ1) is 30.3. The molecule has 0 unspecified atom stereocenters. The fraction of sp³-hybridized carbons (Fsp3) is 0. The molecule has 0 radical (unpaired) electrons. The van der Waals surface area contributed by atoms with Crippen LogP contribution in [0.15, 0.2) is 94.5 Å². The van der Waals surface area contributed by atoms with E-state index in [9.17, 15) is 9.59 Å². The van der Waals surface area contributed by atoms with Gasteiger partial charge in [-0.25, -0.2) is 9.97 Å². The van der Waals surface area contributed by atoms with Crippen molar-refractivity contribution in [2.75, 3.05) is 0 Å². The molecule has 50 heavy (non-hydrogen) atoms. The van der Waals surface area contributed by atoms with Crippen molar-refractivity contribution in [3.63, 3.8) is 0 Å². The number of rotatable bonds is 0. The van der Waals surface area contributed by atoms with Crippen molar-refractivity contribution < 1.29 is 0 Å². The molecule has 0 bridgehead atoms. The Balaban J connectivity index is 0.000000135. The molecule has 4 aromatic heterocycles. The van der Waals surface area contributed by atoms with Gasteiger partial charge in [0.25, 0.3) is 11.1 Å². The Kier molecular flexibility index (Phi) is 6.60. The van der Waals surface area contributed by atoms with E-state index in [0.717, 1.165) is 10.8 Å². The summed E-state index contributed by atoms with van der Waals surface area (Å²) in [5.74, 6) is 0. The second-order valence-electron chi connectivity index (χ2n) is 11.7. The van der Waals surface area contributed by atoms with Gasteiger partial charge in [0.15, 0.2) is 0 Å². The van der Waals surface area contributed by atoms with Crippen molar-refractivity contribution in [2.24, 2.45) is 0 Å². The average molecular weight is 728 g/mol. The minimum absolute atomic E-state index is 0.182. The average Bonchev–Trinajstić information content (AvgIpc) is 3.70. The number of hydrogen-bond donors (Lipinski definition) is 0. The molecule has 0 aliphatic rings. The van der Waals surface area contributed by atoms with E-state index in [1.165, 1.54) is 0 Å². The van der Waals surface area contributed by atoms with Crippen LogP contribution in [-0.2, 0) is 0 Å². The standard InChI is InChI=1S/2C19H7Cl2N3O/c20-12-4-2-10-16-11(3-5-13(21)17(12)16)19(25)24-15-6-1-9(8-22)7-14(15)23-18(10)24;20-12-4-2-10-16-11(3-5-13(21)17(12)16)19(25)24-15-7-9(8-22)1-6-14(15)23-18(10)24/h2*1-7H. The summed E-state index contributed by atoms with van der Waals surface area (Å²) in [5.41, 5.74) is 4.20. The maximum absolute atomic E-state index is 13.1. The Morgan fingerprint density at radius 2 is 0.920 bits per heavy atom. The van der Waals surface area contributed by atoms with Gasteiger partial charge in [0.05, 0.1) is 45.3 Å². The molecule has 4 heterocycles. The number of benzene rings is 6. The van der Waals surface area contributed by atoms with Crippen LogP contribution in [0.25, 0.3) is 76.5 Å². The molecular weight excluding hydrogens is 714 g/mol. The highest BCUT2D eigenvalue weighted by Gasteiger charge is 2.20. The van der Waals surface area contributed by atoms with Crippen molar-refractivity contribution in [1.82, 2.24) is 18.8 Å². The molecular formula is C38H14Cl4N6O2. The number of hydrogen-bond acceptors (Lipinski definition) is 6. The van der Waals surface area contributed by atoms with Gasteiger partial charge < -0.3 is 0 Å². The van der Waals surface area contributed by atoms with Crippen molar-refractivity contribution in [2.45, 2.75) is 0 Å². The van der Waals surface area contributed by atoms with Crippen LogP contribution in [0, 0.1) is 22.7 Å². The Morgan fingerprint density at radius 1 is 0.480 bits per heavy atom. The quantitative estimate of drug-likeness (QED) is 0.154. The fourth-order valence-corrected chi connectivity index (χ4v) is 8.00. The molecule has 12 heteroatoms. The minimum Gasteiger partial charge on any atom is -0.268 e. The molecule has 10 rings (SSSR count). The van der Waals surface area contributed by atoms with Crippen molar-refractivity contribution >= 4 is 123 Å². The summed E-state index contributed by atoms with van der Waals surface area (Å²) < 4.78 is 3.13. The fourth-order valence-electron chi connectivity index (χ4n) is 6.86. The molecule has 8 nitrogen and oxygen atoms in total. The van der Waals surface area contributed by atoms with Gasteiger partial charge in [-0.3, -0.25) is 18.4 Å². The summed E-state index contributed by atoms with van der Waals surface area (Å²) in [5, 5.41) is 25.6. The number of halogens is 4. The molecule has 10 aromatic rings. The molecule has 0 fully saturated rings. The molecule has 0 N–H and O–H groups in total.